The minimum absolute atomic E-state index is 0.0408. The molecule has 1 fully saturated rings. The molecule has 0 saturated heterocycles. The number of fused-ring (bicyclic) bond motifs is 2. The van der Waals surface area contributed by atoms with E-state index in [1.54, 1.807) is 17.8 Å². The Morgan fingerprint density at radius 2 is 1.94 bits per heavy atom. The van der Waals surface area contributed by atoms with Crippen molar-refractivity contribution in [1.29, 1.82) is 0 Å². The van der Waals surface area contributed by atoms with Gasteiger partial charge in [0.15, 0.2) is 9.84 Å². The molecule has 0 radical (unpaired) electrons. The number of methoxy groups -OCH3 is 1. The zero-order chi connectivity index (χ0) is 24.2. The molecule has 8 nitrogen and oxygen atoms in total. The molecular formula is C25H31N3O5S. The first-order chi connectivity index (χ1) is 16.2. The van der Waals surface area contributed by atoms with E-state index in [2.05, 4.69) is 16.4 Å². The van der Waals surface area contributed by atoms with Crippen LogP contribution in [-0.4, -0.2) is 61.6 Å². The predicted molar refractivity (Wildman–Crippen MR) is 130 cm³/mol. The van der Waals surface area contributed by atoms with E-state index in [4.69, 9.17) is 4.74 Å². The molecule has 1 aromatic rings. The van der Waals surface area contributed by atoms with E-state index in [0.717, 1.165) is 55.5 Å². The molecule has 1 unspecified atom stereocenters. The summed E-state index contributed by atoms with van der Waals surface area (Å²) in [7, 11) is -0.146. The fourth-order valence-corrected chi connectivity index (χ4v) is 6.78. The van der Waals surface area contributed by atoms with Crippen LogP contribution >= 0.6 is 0 Å². The normalized spacial score (nSPS) is 26.1. The van der Waals surface area contributed by atoms with Crippen LogP contribution in [-0.2, 0) is 26.4 Å². The van der Waals surface area contributed by atoms with Gasteiger partial charge in [0.05, 0.1) is 36.1 Å². The van der Waals surface area contributed by atoms with Crippen LogP contribution in [0.3, 0.4) is 0 Å². The lowest BCUT2D eigenvalue weighted by Crippen LogP contribution is -2.44. The molecular weight excluding hydrogens is 454 g/mol. The monoisotopic (exact) mass is 485 g/mol. The summed E-state index contributed by atoms with van der Waals surface area (Å²) in [6, 6.07) is 2.26. The predicted octanol–water partition coefficient (Wildman–Crippen LogP) is 1.83. The summed E-state index contributed by atoms with van der Waals surface area (Å²) in [6.45, 7) is 0.734. The van der Waals surface area contributed by atoms with Gasteiger partial charge in [-0.1, -0.05) is 0 Å². The molecule has 1 saturated carbocycles. The number of carbonyl (C=O) groups excluding carboxylic acids is 1. The van der Waals surface area contributed by atoms with Crippen molar-refractivity contribution in [3.63, 3.8) is 0 Å². The highest BCUT2D eigenvalue weighted by atomic mass is 32.2. The summed E-state index contributed by atoms with van der Waals surface area (Å²) >= 11 is 0. The lowest BCUT2D eigenvalue weighted by Gasteiger charge is -2.40. The number of pyridine rings is 1. The van der Waals surface area contributed by atoms with Crippen molar-refractivity contribution in [1.82, 2.24) is 14.8 Å². The molecule has 2 aliphatic carbocycles. The van der Waals surface area contributed by atoms with E-state index in [-0.39, 0.29) is 29.2 Å². The summed E-state index contributed by atoms with van der Waals surface area (Å²) in [5.41, 5.74) is 4.63. The number of aromatic nitrogens is 1. The molecule has 0 aromatic carbocycles. The summed E-state index contributed by atoms with van der Waals surface area (Å²) in [5, 5.41) is 3.48. The first-order valence-corrected chi connectivity index (χ1v) is 13.9. The molecule has 3 heterocycles. The van der Waals surface area contributed by atoms with Gasteiger partial charge in [0.2, 0.25) is 0 Å². The van der Waals surface area contributed by atoms with E-state index < -0.39 is 9.84 Å². The van der Waals surface area contributed by atoms with Crippen molar-refractivity contribution >= 4 is 27.1 Å². The number of nitrogens with zero attached hydrogens (tertiary/aromatic N) is 2. The second-order valence-electron chi connectivity index (χ2n) is 9.84. The van der Waals surface area contributed by atoms with Crippen LogP contribution in [0, 0.1) is 5.92 Å². The number of ether oxygens (including phenoxy) is 1. The van der Waals surface area contributed by atoms with Crippen molar-refractivity contribution in [3.8, 4) is 0 Å². The Kier molecular flexibility index (Phi) is 5.70. The van der Waals surface area contributed by atoms with Crippen molar-refractivity contribution in [3.05, 3.63) is 57.2 Å². The molecule has 1 aromatic heterocycles. The largest absolute Gasteiger partial charge is 0.469 e. The first kappa shape index (κ1) is 23.0. The van der Waals surface area contributed by atoms with Crippen LogP contribution in [0.15, 0.2) is 40.5 Å². The zero-order valence-electron chi connectivity index (χ0n) is 19.8. The van der Waals surface area contributed by atoms with Crippen molar-refractivity contribution in [2.75, 3.05) is 25.7 Å². The second kappa shape index (κ2) is 8.45. The van der Waals surface area contributed by atoms with Crippen LogP contribution in [0.2, 0.25) is 0 Å². The van der Waals surface area contributed by atoms with Gasteiger partial charge < -0.3 is 19.5 Å². The molecule has 1 atom stereocenters. The number of hydrogen-bond donors (Lipinski definition) is 1. The fraction of sp³-hybridized carbons (Fsp3) is 0.520. The molecule has 1 N–H and O–H groups in total. The number of hydrogen-bond acceptors (Lipinski definition) is 7. The third-order valence-corrected chi connectivity index (χ3v) is 8.38. The topological polar surface area (TPSA) is 97.7 Å². The third kappa shape index (κ3) is 3.89. The molecule has 4 aliphatic rings. The number of allylic oxidation sites excluding steroid dienone is 1. The molecule has 0 amide bonds. The lowest BCUT2D eigenvalue weighted by atomic mass is 9.84. The highest BCUT2D eigenvalue weighted by Crippen LogP contribution is 2.45. The zero-order valence-corrected chi connectivity index (χ0v) is 20.7. The Hall–Kier alpha value is -2.81. The fourth-order valence-electron chi connectivity index (χ4n) is 5.97. The van der Waals surface area contributed by atoms with Gasteiger partial charge in [-0.2, -0.15) is 0 Å². The van der Waals surface area contributed by atoms with E-state index in [1.807, 2.05) is 12.1 Å². The first-order valence-electron chi connectivity index (χ1n) is 11.8. The molecule has 0 spiro atoms. The van der Waals surface area contributed by atoms with Crippen LogP contribution < -0.4 is 10.9 Å². The number of carbonyl (C=O) groups is 1. The van der Waals surface area contributed by atoms with Gasteiger partial charge >= 0.3 is 5.97 Å². The Morgan fingerprint density at radius 1 is 1.21 bits per heavy atom. The number of sulfone groups is 1. The molecule has 0 bridgehead atoms. The van der Waals surface area contributed by atoms with E-state index in [9.17, 15) is 18.0 Å². The van der Waals surface area contributed by atoms with Crippen molar-refractivity contribution in [2.45, 2.75) is 44.2 Å². The van der Waals surface area contributed by atoms with Crippen LogP contribution in [0.5, 0.6) is 0 Å². The number of aryl methyl sites for hydroxylation is 1. The van der Waals surface area contributed by atoms with E-state index in [1.165, 1.54) is 13.4 Å². The summed E-state index contributed by atoms with van der Waals surface area (Å²) in [6.07, 6.45) is 11.3. The lowest BCUT2D eigenvalue weighted by molar-refractivity contribution is -0.146. The smallest absolute Gasteiger partial charge is 0.308 e. The molecule has 2 aliphatic heterocycles. The van der Waals surface area contributed by atoms with Gasteiger partial charge in [0.25, 0.3) is 5.56 Å². The van der Waals surface area contributed by atoms with E-state index >= 15 is 0 Å². The standard InChI is InChI=1S/C25H31N3O5S/c1-27-11-9-19-17(14-34(3,31)32)12-16-13-28(18-6-4-15(5-7-18)25(30)33-2)20-8-10-26-23(21(16)20)22(19)24(27)29/h9,11-13,15,18,20,26H,4-8,10,14H2,1-3H3. The van der Waals surface area contributed by atoms with E-state index in [0.29, 0.717) is 22.7 Å². The van der Waals surface area contributed by atoms with Gasteiger partial charge in [-0.05, 0) is 61.0 Å². The quantitative estimate of drug-likeness (QED) is 0.650. The minimum atomic E-state index is -3.31. The van der Waals surface area contributed by atoms with Gasteiger partial charge in [-0.3, -0.25) is 9.59 Å². The van der Waals surface area contributed by atoms with Gasteiger partial charge in [0.1, 0.15) is 0 Å². The summed E-state index contributed by atoms with van der Waals surface area (Å²) < 4.78 is 31.1. The van der Waals surface area contributed by atoms with Gasteiger partial charge in [-0.25, -0.2) is 8.42 Å². The average molecular weight is 486 g/mol. The summed E-state index contributed by atoms with van der Waals surface area (Å²) in [5.74, 6) is -0.294. The van der Waals surface area contributed by atoms with Gasteiger partial charge in [0, 0.05) is 43.9 Å². The Morgan fingerprint density at radius 3 is 2.62 bits per heavy atom. The maximum Gasteiger partial charge on any atom is 0.308 e. The number of nitrogens with one attached hydrogen (secondary N) is 1. The van der Waals surface area contributed by atoms with Crippen LogP contribution in [0.4, 0.5) is 0 Å². The molecule has 34 heavy (non-hydrogen) atoms. The Bertz CT molecular complexity index is 1300. The average Bonchev–Trinajstić information content (AvgIpc) is 3.11. The maximum absolute atomic E-state index is 13.3. The highest BCUT2D eigenvalue weighted by Gasteiger charge is 2.41. The SMILES string of the molecule is COC(=O)C1CCC(N2C=C3C=C(CS(C)(=O)=O)c4ccn(C)c(=O)c4C4=C3C2CCN4)CC1. The highest BCUT2D eigenvalue weighted by molar-refractivity contribution is 7.91. The van der Waals surface area contributed by atoms with Crippen molar-refractivity contribution in [2.24, 2.45) is 13.0 Å². The molecule has 182 valence electrons. The maximum atomic E-state index is 13.3. The summed E-state index contributed by atoms with van der Waals surface area (Å²) in [4.78, 5) is 27.7. The Balaban J connectivity index is 1.59. The Labute approximate surface area is 199 Å². The van der Waals surface area contributed by atoms with Crippen LogP contribution in [0.1, 0.15) is 43.2 Å². The number of rotatable bonds is 4. The van der Waals surface area contributed by atoms with Crippen LogP contribution in [0.25, 0.3) is 11.3 Å². The van der Waals surface area contributed by atoms with Gasteiger partial charge in [-0.15, -0.1) is 0 Å². The molecule has 5 rings (SSSR count). The van der Waals surface area contributed by atoms with Crippen molar-refractivity contribution < 1.29 is 17.9 Å². The number of esters is 1. The second-order valence-corrected chi connectivity index (χ2v) is 12.0. The minimum Gasteiger partial charge on any atom is -0.469 e. The third-order valence-electron chi connectivity index (χ3n) is 7.55. The molecule has 9 heteroatoms.